The molecular weight excluding hydrogens is 348 g/mol. The van der Waals surface area contributed by atoms with Crippen LogP contribution in [-0.4, -0.2) is 78.1 Å². The number of carboxylic acid groups (broad SMARTS) is 1. The lowest BCUT2D eigenvalue weighted by molar-refractivity contribution is -0.144. The molecule has 0 aromatic carbocycles. The van der Waals surface area contributed by atoms with Gasteiger partial charge in [-0.1, -0.05) is 12.2 Å². The van der Waals surface area contributed by atoms with Gasteiger partial charge in [0, 0.05) is 51.9 Å². The topological polar surface area (TPSA) is 95.0 Å². The van der Waals surface area contributed by atoms with Crippen molar-refractivity contribution in [3.8, 4) is 5.88 Å². The maximum Gasteiger partial charge on any atom is 0.308 e. The van der Waals surface area contributed by atoms with Crippen molar-refractivity contribution in [2.75, 3.05) is 51.7 Å². The van der Waals surface area contributed by atoms with Gasteiger partial charge >= 0.3 is 5.97 Å². The Kier molecular flexibility index (Phi) is 7.75. The van der Waals surface area contributed by atoms with Gasteiger partial charge in [0.1, 0.15) is 5.69 Å². The molecule has 0 radical (unpaired) electrons. The molecule has 27 heavy (non-hydrogen) atoms. The van der Waals surface area contributed by atoms with Gasteiger partial charge in [-0.05, 0) is 19.1 Å². The summed E-state index contributed by atoms with van der Waals surface area (Å²) >= 11 is 0. The molecule has 2 rings (SSSR count). The van der Waals surface area contributed by atoms with Gasteiger partial charge < -0.3 is 15.2 Å². The number of piperazine rings is 1. The Bertz CT molecular complexity index is 671. The summed E-state index contributed by atoms with van der Waals surface area (Å²) in [6, 6.07) is 3.34. The largest absolute Gasteiger partial charge is 0.481 e. The summed E-state index contributed by atoms with van der Waals surface area (Å²) in [5.41, 5.74) is 1.55. The Morgan fingerprint density at radius 1 is 1.33 bits per heavy atom. The van der Waals surface area contributed by atoms with Crippen LogP contribution in [0.15, 0.2) is 30.5 Å². The van der Waals surface area contributed by atoms with Crippen molar-refractivity contribution >= 4 is 17.6 Å². The number of aromatic nitrogens is 1. The van der Waals surface area contributed by atoms with Crippen molar-refractivity contribution in [3.63, 3.8) is 0 Å². The molecule has 2 N–H and O–H groups in total. The average Bonchev–Trinajstić information content (AvgIpc) is 2.62. The number of pyridine rings is 1. The minimum absolute atomic E-state index is 0.0979. The maximum atomic E-state index is 12.3. The highest BCUT2D eigenvalue weighted by Crippen LogP contribution is 2.21. The molecule has 1 fully saturated rings. The molecule has 1 aromatic rings. The second-order valence-electron chi connectivity index (χ2n) is 6.88. The van der Waals surface area contributed by atoms with E-state index in [1.807, 2.05) is 6.92 Å². The maximum absolute atomic E-state index is 12.3. The molecule has 148 valence electrons. The van der Waals surface area contributed by atoms with E-state index in [-0.39, 0.29) is 12.3 Å². The van der Waals surface area contributed by atoms with E-state index < -0.39 is 11.9 Å². The number of ether oxygens (including phenoxy) is 1. The van der Waals surface area contributed by atoms with Crippen LogP contribution in [0.25, 0.3) is 0 Å². The standard InChI is InChI=1S/C19H28N4O4/c1-14(2)12-22-7-9-23(10-8-22)13-15(19(25)26)11-17(24)21-16-5-4-6-20-18(16)27-3/h4-6,15H,1,7-13H2,2-3H3,(H,21,24)(H,25,26)/t15-/m0/s1. The lowest BCUT2D eigenvalue weighted by Gasteiger charge is -2.35. The SMILES string of the molecule is C=C(C)CN1CCN(C[C@H](CC(=O)Nc2cccnc2OC)C(=O)O)CC1. The summed E-state index contributed by atoms with van der Waals surface area (Å²) in [6.45, 7) is 10.5. The van der Waals surface area contributed by atoms with Crippen LogP contribution < -0.4 is 10.1 Å². The summed E-state index contributed by atoms with van der Waals surface area (Å²) in [7, 11) is 1.46. The highest BCUT2D eigenvalue weighted by atomic mass is 16.5. The zero-order valence-electron chi connectivity index (χ0n) is 16.0. The van der Waals surface area contributed by atoms with Gasteiger partial charge in [0.25, 0.3) is 0 Å². The highest BCUT2D eigenvalue weighted by molar-refractivity contribution is 5.94. The number of aliphatic carboxylic acids is 1. The first kappa shape index (κ1) is 20.9. The number of rotatable bonds is 9. The predicted molar refractivity (Wildman–Crippen MR) is 103 cm³/mol. The molecule has 1 saturated heterocycles. The number of anilines is 1. The zero-order chi connectivity index (χ0) is 19.8. The normalized spacial score (nSPS) is 16.5. The number of nitrogens with zero attached hydrogens (tertiary/aromatic N) is 3. The van der Waals surface area contributed by atoms with Crippen molar-refractivity contribution < 1.29 is 19.4 Å². The van der Waals surface area contributed by atoms with E-state index in [1.54, 1.807) is 18.3 Å². The fourth-order valence-electron chi connectivity index (χ4n) is 3.13. The summed E-state index contributed by atoms with van der Waals surface area (Å²) in [4.78, 5) is 32.4. The monoisotopic (exact) mass is 376 g/mol. The predicted octanol–water partition coefficient (Wildman–Crippen LogP) is 1.31. The summed E-state index contributed by atoms with van der Waals surface area (Å²) in [5, 5.41) is 12.2. The highest BCUT2D eigenvalue weighted by Gasteiger charge is 2.26. The van der Waals surface area contributed by atoms with Gasteiger partial charge in [-0.15, -0.1) is 0 Å². The summed E-state index contributed by atoms with van der Waals surface area (Å²) < 4.78 is 5.10. The third-order valence-corrected chi connectivity index (χ3v) is 4.46. The molecule has 0 bridgehead atoms. The Balaban J connectivity index is 1.87. The number of methoxy groups -OCH3 is 1. The van der Waals surface area contributed by atoms with Crippen molar-refractivity contribution in [1.82, 2.24) is 14.8 Å². The van der Waals surface area contributed by atoms with Crippen molar-refractivity contribution in [1.29, 1.82) is 0 Å². The number of hydrogen-bond donors (Lipinski definition) is 2. The quantitative estimate of drug-likeness (QED) is 0.628. The molecule has 1 aliphatic heterocycles. The van der Waals surface area contributed by atoms with E-state index in [2.05, 4.69) is 26.7 Å². The van der Waals surface area contributed by atoms with Gasteiger partial charge in [-0.25, -0.2) is 4.98 Å². The first-order valence-electron chi connectivity index (χ1n) is 8.99. The molecule has 1 amide bonds. The summed E-state index contributed by atoms with van der Waals surface area (Å²) in [6.07, 6.45) is 1.46. The molecule has 0 unspecified atom stereocenters. The first-order valence-corrected chi connectivity index (χ1v) is 8.99. The molecule has 0 aliphatic carbocycles. The van der Waals surface area contributed by atoms with Crippen LogP contribution in [0.5, 0.6) is 5.88 Å². The Morgan fingerprint density at radius 3 is 2.59 bits per heavy atom. The van der Waals surface area contributed by atoms with Gasteiger partial charge in [0.15, 0.2) is 0 Å². The molecular formula is C19H28N4O4. The Morgan fingerprint density at radius 2 is 2.00 bits per heavy atom. The smallest absolute Gasteiger partial charge is 0.308 e. The Labute approximate surface area is 159 Å². The second-order valence-corrected chi connectivity index (χ2v) is 6.88. The fraction of sp³-hybridized carbons (Fsp3) is 0.526. The lowest BCUT2D eigenvalue weighted by Crippen LogP contribution is -2.49. The van der Waals surface area contributed by atoms with Crippen LogP contribution in [0.2, 0.25) is 0 Å². The number of amides is 1. The van der Waals surface area contributed by atoms with E-state index in [0.29, 0.717) is 18.1 Å². The molecule has 0 spiro atoms. The van der Waals surface area contributed by atoms with E-state index >= 15 is 0 Å². The van der Waals surface area contributed by atoms with Crippen LogP contribution in [0.4, 0.5) is 5.69 Å². The number of carboxylic acids is 1. The van der Waals surface area contributed by atoms with Gasteiger partial charge in [0.2, 0.25) is 11.8 Å². The van der Waals surface area contributed by atoms with Crippen LogP contribution in [0.3, 0.4) is 0 Å². The van der Waals surface area contributed by atoms with Gasteiger partial charge in [-0.3, -0.25) is 19.4 Å². The third kappa shape index (κ3) is 6.65. The molecule has 0 saturated carbocycles. The number of carbonyl (C=O) groups excluding carboxylic acids is 1. The van der Waals surface area contributed by atoms with Crippen LogP contribution in [0, 0.1) is 5.92 Å². The molecule has 8 heteroatoms. The molecule has 2 heterocycles. The zero-order valence-corrected chi connectivity index (χ0v) is 16.0. The van der Waals surface area contributed by atoms with Crippen molar-refractivity contribution in [3.05, 3.63) is 30.5 Å². The molecule has 1 atom stereocenters. The minimum atomic E-state index is -0.965. The number of hydrogen-bond acceptors (Lipinski definition) is 6. The van der Waals surface area contributed by atoms with Gasteiger partial charge in [-0.2, -0.15) is 0 Å². The lowest BCUT2D eigenvalue weighted by atomic mass is 10.0. The molecule has 1 aliphatic rings. The third-order valence-electron chi connectivity index (χ3n) is 4.46. The van der Waals surface area contributed by atoms with Crippen LogP contribution >= 0.6 is 0 Å². The van der Waals surface area contributed by atoms with E-state index in [1.165, 1.54) is 7.11 Å². The van der Waals surface area contributed by atoms with Crippen molar-refractivity contribution in [2.45, 2.75) is 13.3 Å². The minimum Gasteiger partial charge on any atom is -0.481 e. The first-order chi connectivity index (χ1) is 12.9. The average molecular weight is 376 g/mol. The van der Waals surface area contributed by atoms with Gasteiger partial charge in [0.05, 0.1) is 13.0 Å². The van der Waals surface area contributed by atoms with E-state index in [4.69, 9.17) is 4.74 Å². The number of carbonyl (C=O) groups is 2. The molecule has 1 aromatic heterocycles. The Hall–Kier alpha value is -2.45. The van der Waals surface area contributed by atoms with Crippen molar-refractivity contribution in [2.24, 2.45) is 5.92 Å². The van der Waals surface area contributed by atoms with Crippen LogP contribution in [-0.2, 0) is 9.59 Å². The number of nitrogens with one attached hydrogen (secondary N) is 1. The van der Waals surface area contributed by atoms with E-state index in [0.717, 1.165) is 38.3 Å². The second kappa shape index (κ2) is 10.0. The van der Waals surface area contributed by atoms with Crippen LogP contribution in [0.1, 0.15) is 13.3 Å². The fourth-order valence-corrected chi connectivity index (χ4v) is 3.13. The summed E-state index contributed by atoms with van der Waals surface area (Å²) in [5.74, 6) is -1.80. The van der Waals surface area contributed by atoms with E-state index in [9.17, 15) is 14.7 Å². The molecule has 8 nitrogen and oxygen atoms in total.